The smallest absolute Gasteiger partial charge is 0.231 e. The Morgan fingerprint density at radius 1 is 0.758 bits per heavy atom. The first-order chi connectivity index (χ1) is 15.3. The molecule has 194 valence electrons. The minimum absolute atomic E-state index is 0.0174. The van der Waals surface area contributed by atoms with Gasteiger partial charge in [-0.3, -0.25) is 4.99 Å². The highest BCUT2D eigenvalue weighted by molar-refractivity contribution is 5.82. The van der Waals surface area contributed by atoms with Gasteiger partial charge in [0.2, 0.25) is 5.89 Å². The van der Waals surface area contributed by atoms with E-state index in [0.717, 1.165) is 24.8 Å². The molecule has 0 bridgehead atoms. The van der Waals surface area contributed by atoms with Crippen LogP contribution in [0.5, 0.6) is 0 Å². The third-order valence-electron chi connectivity index (χ3n) is 3.49. The van der Waals surface area contributed by atoms with Gasteiger partial charge in [0.1, 0.15) is 12.4 Å². The first kappa shape index (κ1) is 35.5. The summed E-state index contributed by atoms with van der Waals surface area (Å²) in [6, 6.07) is 3.92. The van der Waals surface area contributed by atoms with Crippen molar-refractivity contribution < 1.29 is 13.7 Å². The highest BCUT2D eigenvalue weighted by Crippen LogP contribution is 2.21. The van der Waals surface area contributed by atoms with E-state index in [2.05, 4.69) is 56.7 Å². The summed E-state index contributed by atoms with van der Waals surface area (Å²) in [6.07, 6.45) is 3.13. The van der Waals surface area contributed by atoms with Crippen molar-refractivity contribution in [2.24, 2.45) is 10.4 Å². The van der Waals surface area contributed by atoms with Crippen LogP contribution >= 0.6 is 0 Å². The lowest BCUT2D eigenvalue weighted by Gasteiger charge is -2.16. The lowest BCUT2D eigenvalue weighted by Crippen LogP contribution is -2.20. The lowest BCUT2D eigenvalue weighted by atomic mass is 9.94. The average molecular weight is 468 g/mol. The number of nitrogens with zero attached hydrogens (tertiary/aromatic N) is 3. The monoisotopic (exact) mass is 467 g/mol. The van der Waals surface area contributed by atoms with E-state index in [-0.39, 0.29) is 16.2 Å². The van der Waals surface area contributed by atoms with Crippen molar-refractivity contribution >= 4 is 5.90 Å². The standard InChI is InChI=1S/C8H12O.C7H13NO.C6H10N2O.3C2H6/c1-8(2,3)7-5-4-6-9-7;1-7(2,3)6-8-4-5-9-6;1-6(2,3)5-7-4-8-9-5;3*1-2/h4-6H,1-3H3;4-5H2,1-3H3;4H,1-3H3;3*1-2H3. The maximum absolute atomic E-state index is 5.27. The molecule has 0 saturated carbocycles. The van der Waals surface area contributed by atoms with E-state index < -0.39 is 0 Å². The Labute approximate surface area is 204 Å². The lowest BCUT2D eigenvalue weighted by molar-refractivity contribution is 0.302. The van der Waals surface area contributed by atoms with E-state index in [9.17, 15) is 0 Å². The molecule has 0 saturated heterocycles. The molecule has 0 fully saturated rings. The highest BCUT2D eigenvalue weighted by Gasteiger charge is 2.23. The maximum atomic E-state index is 5.27. The van der Waals surface area contributed by atoms with Crippen LogP contribution in [0.1, 0.15) is 116 Å². The average Bonchev–Trinajstić information content (AvgIpc) is 3.55. The first-order valence-electron chi connectivity index (χ1n) is 12.3. The van der Waals surface area contributed by atoms with Crippen molar-refractivity contribution in [1.82, 2.24) is 10.1 Å². The quantitative estimate of drug-likeness (QED) is 0.388. The highest BCUT2D eigenvalue weighted by atomic mass is 16.5. The third-order valence-corrected chi connectivity index (χ3v) is 3.49. The fourth-order valence-electron chi connectivity index (χ4n) is 2.00. The second kappa shape index (κ2) is 18.3. The predicted molar refractivity (Wildman–Crippen MR) is 142 cm³/mol. The van der Waals surface area contributed by atoms with Gasteiger partial charge >= 0.3 is 0 Å². The van der Waals surface area contributed by atoms with Crippen LogP contribution in [-0.2, 0) is 15.6 Å². The van der Waals surface area contributed by atoms with Gasteiger partial charge in [-0.15, -0.1) is 0 Å². The molecule has 0 amide bonds. The zero-order chi connectivity index (χ0) is 26.7. The van der Waals surface area contributed by atoms with Crippen LogP contribution in [0.2, 0.25) is 0 Å². The Morgan fingerprint density at radius 2 is 1.30 bits per heavy atom. The van der Waals surface area contributed by atoms with Gasteiger partial charge < -0.3 is 13.7 Å². The summed E-state index contributed by atoms with van der Waals surface area (Å²) in [4.78, 5) is 8.11. The molecule has 0 aromatic carbocycles. The molecule has 0 radical (unpaired) electrons. The summed E-state index contributed by atoms with van der Waals surface area (Å²) in [5, 5.41) is 3.50. The number of furan rings is 1. The Balaban J connectivity index is -0.000000367. The molecule has 6 nitrogen and oxygen atoms in total. The van der Waals surface area contributed by atoms with Crippen molar-refractivity contribution in [3.63, 3.8) is 0 Å². The largest absolute Gasteiger partial charge is 0.479 e. The second-order valence-electron chi connectivity index (χ2n) is 9.51. The molecular weight excluding hydrogens is 414 g/mol. The number of hydrogen-bond donors (Lipinski definition) is 0. The fraction of sp³-hybridized carbons (Fsp3) is 0.741. The summed E-state index contributed by atoms with van der Waals surface area (Å²) in [7, 11) is 0. The summed E-state index contributed by atoms with van der Waals surface area (Å²) < 4.78 is 15.3. The van der Waals surface area contributed by atoms with Crippen LogP contribution in [0.3, 0.4) is 0 Å². The molecular formula is C27H53N3O3. The molecule has 0 spiro atoms. The van der Waals surface area contributed by atoms with Gasteiger partial charge in [0.25, 0.3) is 0 Å². The normalized spacial score (nSPS) is 12.3. The zero-order valence-corrected chi connectivity index (χ0v) is 24.3. The van der Waals surface area contributed by atoms with Crippen LogP contribution in [-0.4, -0.2) is 29.2 Å². The molecule has 0 N–H and O–H groups in total. The van der Waals surface area contributed by atoms with E-state index >= 15 is 0 Å². The van der Waals surface area contributed by atoms with Gasteiger partial charge in [-0.25, -0.2) is 0 Å². The molecule has 0 unspecified atom stereocenters. The van der Waals surface area contributed by atoms with Crippen LogP contribution < -0.4 is 0 Å². The Kier molecular flexibility index (Phi) is 19.7. The topological polar surface area (TPSA) is 73.7 Å². The van der Waals surface area contributed by atoms with Crippen molar-refractivity contribution in [2.75, 3.05) is 13.2 Å². The molecule has 1 aliphatic rings. The SMILES string of the molecule is CC.CC.CC.CC(C)(C)C1=NCCO1.CC(C)(C)c1ccco1.CC(C)(C)c1ncno1. The van der Waals surface area contributed by atoms with Crippen LogP contribution in [0.25, 0.3) is 0 Å². The van der Waals surface area contributed by atoms with E-state index in [1.807, 2.05) is 74.4 Å². The van der Waals surface area contributed by atoms with Crippen LogP contribution in [0.15, 0.2) is 38.7 Å². The molecule has 3 rings (SSSR count). The zero-order valence-electron chi connectivity index (χ0n) is 24.3. The van der Waals surface area contributed by atoms with Crippen molar-refractivity contribution in [3.8, 4) is 0 Å². The van der Waals surface area contributed by atoms with Gasteiger partial charge in [0, 0.05) is 16.2 Å². The Morgan fingerprint density at radius 3 is 1.48 bits per heavy atom. The van der Waals surface area contributed by atoms with Gasteiger partial charge in [0.05, 0.1) is 12.8 Å². The first-order valence-corrected chi connectivity index (χ1v) is 12.3. The predicted octanol–water partition coefficient (Wildman–Crippen LogP) is 8.48. The molecule has 3 heterocycles. The summed E-state index contributed by atoms with van der Waals surface area (Å²) in [6.45, 7) is 32.4. The molecule has 0 aliphatic carbocycles. The van der Waals surface area contributed by atoms with Crippen LogP contribution in [0.4, 0.5) is 0 Å². The van der Waals surface area contributed by atoms with Crippen LogP contribution in [0, 0.1) is 5.41 Å². The minimum atomic E-state index is -0.0174. The van der Waals surface area contributed by atoms with Gasteiger partial charge in [-0.1, -0.05) is 109 Å². The van der Waals surface area contributed by atoms with Gasteiger partial charge in [0.15, 0.2) is 12.2 Å². The summed E-state index contributed by atoms with van der Waals surface area (Å²) >= 11 is 0. The Hall–Kier alpha value is -2.11. The van der Waals surface area contributed by atoms with Crippen molar-refractivity contribution in [3.05, 3.63) is 36.4 Å². The summed E-state index contributed by atoms with van der Waals surface area (Å²) in [5.74, 6) is 2.63. The molecule has 33 heavy (non-hydrogen) atoms. The van der Waals surface area contributed by atoms with E-state index in [4.69, 9.17) is 13.7 Å². The van der Waals surface area contributed by atoms with Crippen molar-refractivity contribution in [1.29, 1.82) is 0 Å². The summed E-state index contributed by atoms with van der Waals surface area (Å²) in [5.41, 5.74) is 0.247. The number of aliphatic imine (C=N–C) groups is 1. The second-order valence-corrected chi connectivity index (χ2v) is 9.51. The minimum Gasteiger partial charge on any atom is -0.479 e. The van der Waals surface area contributed by atoms with E-state index in [0.29, 0.717) is 5.89 Å². The number of rotatable bonds is 0. The molecule has 1 aliphatic heterocycles. The van der Waals surface area contributed by atoms with E-state index in [1.165, 1.54) is 6.33 Å². The van der Waals surface area contributed by atoms with Gasteiger partial charge in [-0.2, -0.15) is 4.98 Å². The number of hydrogen-bond acceptors (Lipinski definition) is 6. The molecule has 2 aromatic rings. The number of aromatic nitrogens is 2. The maximum Gasteiger partial charge on any atom is 0.231 e. The van der Waals surface area contributed by atoms with Crippen molar-refractivity contribution in [2.45, 2.75) is 115 Å². The number of ether oxygens (including phenoxy) is 1. The third kappa shape index (κ3) is 17.1. The molecule has 0 atom stereocenters. The fourth-order valence-corrected chi connectivity index (χ4v) is 2.00. The molecule has 2 aromatic heterocycles. The van der Waals surface area contributed by atoms with Gasteiger partial charge in [-0.05, 0) is 12.1 Å². The molecule has 6 heteroatoms. The Bertz CT molecular complexity index is 626. The van der Waals surface area contributed by atoms with E-state index in [1.54, 1.807) is 6.26 Å².